The molecule has 0 aliphatic carbocycles. The van der Waals surface area contributed by atoms with Gasteiger partial charge in [-0.15, -0.1) is 23.9 Å². The molecule has 0 amide bonds. The number of nitriles is 4. The van der Waals surface area contributed by atoms with Crippen LogP contribution in [0.2, 0.25) is 0 Å². The molecular formula is C12H16BN6-. The monoisotopic (exact) mass is 255 g/mol. The van der Waals surface area contributed by atoms with Gasteiger partial charge in [0.15, 0.2) is 0 Å². The third-order valence-electron chi connectivity index (χ3n) is 2.51. The molecule has 0 spiro atoms. The van der Waals surface area contributed by atoms with E-state index in [2.05, 4.69) is 36.2 Å². The second-order valence-electron chi connectivity index (χ2n) is 4.24. The zero-order valence-corrected chi connectivity index (χ0v) is 11.2. The first-order chi connectivity index (χ1) is 9.07. The molecule has 0 fully saturated rings. The summed E-state index contributed by atoms with van der Waals surface area (Å²) < 4.78 is 0. The van der Waals surface area contributed by atoms with E-state index in [4.69, 9.17) is 21.0 Å². The van der Waals surface area contributed by atoms with Crippen LogP contribution in [0.25, 0.3) is 0 Å². The van der Waals surface area contributed by atoms with Gasteiger partial charge in [0, 0.05) is 26.0 Å². The molecule has 0 saturated heterocycles. The van der Waals surface area contributed by atoms with E-state index in [1.165, 1.54) is 43.3 Å². The van der Waals surface area contributed by atoms with Gasteiger partial charge in [-0.2, -0.15) is 0 Å². The average Bonchev–Trinajstić information content (AvgIpc) is 2.86. The molecule has 1 aliphatic rings. The van der Waals surface area contributed by atoms with Crippen LogP contribution in [-0.4, -0.2) is 36.2 Å². The molecule has 0 unspecified atom stereocenters. The van der Waals surface area contributed by atoms with Gasteiger partial charge in [-0.25, -0.2) is 21.0 Å². The van der Waals surface area contributed by atoms with Crippen molar-refractivity contribution in [2.45, 2.75) is 19.8 Å². The lowest BCUT2D eigenvalue weighted by atomic mass is 9.30. The summed E-state index contributed by atoms with van der Waals surface area (Å²) >= 11 is 0. The lowest BCUT2D eigenvalue weighted by molar-refractivity contribution is 0.293. The molecule has 19 heavy (non-hydrogen) atoms. The van der Waals surface area contributed by atoms with Crippen LogP contribution >= 0.6 is 0 Å². The standard InChI is InChI=1S/C8H16N2.C4BN4/c1-3-4-5-10-7-6-9(2)8-10;6-1-5(2-7,3-8)4-9/h6-7H,3-5,8H2,1-2H3;/q;-1. The summed E-state index contributed by atoms with van der Waals surface area (Å²) in [6.07, 6.45) is 4.15. The van der Waals surface area contributed by atoms with Crippen LogP contribution in [0.4, 0.5) is 0 Å². The van der Waals surface area contributed by atoms with E-state index in [-0.39, 0.29) is 0 Å². The Balaban J connectivity index is 0.000000344. The van der Waals surface area contributed by atoms with Crippen LogP contribution < -0.4 is 0 Å². The molecule has 7 heteroatoms. The Morgan fingerprint density at radius 2 is 1.58 bits per heavy atom. The van der Waals surface area contributed by atoms with Gasteiger partial charge < -0.3 is 9.80 Å². The van der Waals surface area contributed by atoms with E-state index < -0.39 is 6.15 Å². The summed E-state index contributed by atoms with van der Waals surface area (Å²) in [5.74, 6) is 5.38. The Kier molecular flexibility index (Phi) is 7.28. The van der Waals surface area contributed by atoms with Gasteiger partial charge in [0.05, 0.1) is 6.67 Å². The molecule has 1 heterocycles. The summed E-state index contributed by atoms with van der Waals surface area (Å²) in [5.41, 5.74) is 0. The van der Waals surface area contributed by atoms with Gasteiger partial charge in [0.2, 0.25) is 0 Å². The van der Waals surface area contributed by atoms with Crippen LogP contribution in [0.3, 0.4) is 0 Å². The number of hydrogen-bond donors (Lipinski definition) is 0. The van der Waals surface area contributed by atoms with Gasteiger partial charge >= 0.3 is 6.15 Å². The molecule has 0 aromatic carbocycles. The molecule has 0 bridgehead atoms. The molecule has 1 aliphatic heterocycles. The average molecular weight is 255 g/mol. The lowest BCUT2D eigenvalue weighted by Crippen LogP contribution is -2.26. The summed E-state index contributed by atoms with van der Waals surface area (Å²) in [6.45, 7) is 4.50. The predicted molar refractivity (Wildman–Crippen MR) is 71.6 cm³/mol. The Morgan fingerprint density at radius 1 is 1.05 bits per heavy atom. The number of rotatable bonds is 3. The third-order valence-corrected chi connectivity index (χ3v) is 2.51. The van der Waals surface area contributed by atoms with E-state index in [1.54, 1.807) is 0 Å². The van der Waals surface area contributed by atoms with Crippen molar-refractivity contribution in [1.82, 2.24) is 9.80 Å². The highest BCUT2D eigenvalue weighted by molar-refractivity contribution is 7.05. The summed E-state index contributed by atoms with van der Waals surface area (Å²) in [6, 6.07) is 0. The fourth-order valence-electron chi connectivity index (χ4n) is 1.27. The fraction of sp³-hybridized carbons (Fsp3) is 0.500. The molecule has 0 N–H and O–H groups in total. The molecule has 6 nitrogen and oxygen atoms in total. The highest BCUT2D eigenvalue weighted by atomic mass is 15.3. The number of nitrogens with zero attached hydrogens (tertiary/aromatic N) is 6. The van der Waals surface area contributed by atoms with Crippen LogP contribution in [0, 0.1) is 44.9 Å². The Morgan fingerprint density at radius 3 is 1.84 bits per heavy atom. The Labute approximate surface area is 114 Å². The minimum Gasteiger partial charge on any atom is -0.362 e. The van der Waals surface area contributed by atoms with Crippen molar-refractivity contribution in [2.24, 2.45) is 0 Å². The van der Waals surface area contributed by atoms with E-state index in [0.29, 0.717) is 0 Å². The summed E-state index contributed by atoms with van der Waals surface area (Å²) in [7, 11) is 2.10. The Bertz CT molecular complexity index is 411. The highest BCUT2D eigenvalue weighted by Gasteiger charge is 2.22. The van der Waals surface area contributed by atoms with Crippen LogP contribution in [0.5, 0.6) is 0 Å². The van der Waals surface area contributed by atoms with Crippen molar-refractivity contribution in [3.8, 4) is 23.9 Å². The quantitative estimate of drug-likeness (QED) is 0.701. The minimum absolute atomic E-state index is 1.07. The number of hydrogen-bond acceptors (Lipinski definition) is 6. The zero-order valence-electron chi connectivity index (χ0n) is 11.2. The minimum atomic E-state index is -2.72. The molecular weight excluding hydrogens is 239 g/mol. The first kappa shape index (κ1) is 16.4. The molecule has 98 valence electrons. The zero-order chi connectivity index (χ0) is 14.7. The van der Waals surface area contributed by atoms with Crippen molar-refractivity contribution >= 4 is 6.15 Å². The largest absolute Gasteiger partial charge is 0.383 e. The lowest BCUT2D eigenvalue weighted by Gasteiger charge is -2.17. The third kappa shape index (κ3) is 5.49. The molecule has 0 aromatic heterocycles. The summed E-state index contributed by atoms with van der Waals surface area (Å²) in [4.78, 5) is 4.53. The Hall–Kier alpha value is -2.64. The molecule has 0 aromatic rings. The maximum atomic E-state index is 8.09. The maximum absolute atomic E-state index is 8.09. The molecule has 0 saturated carbocycles. The number of unbranched alkanes of at least 4 members (excludes halogenated alkanes) is 1. The predicted octanol–water partition coefficient (Wildman–Crippen LogP) is 1.15. The van der Waals surface area contributed by atoms with Crippen LogP contribution in [0.1, 0.15) is 19.8 Å². The van der Waals surface area contributed by atoms with E-state index in [9.17, 15) is 0 Å². The van der Waals surface area contributed by atoms with E-state index >= 15 is 0 Å². The van der Waals surface area contributed by atoms with Crippen molar-refractivity contribution in [2.75, 3.05) is 20.3 Å². The van der Waals surface area contributed by atoms with Crippen molar-refractivity contribution in [3.63, 3.8) is 0 Å². The first-order valence-corrected chi connectivity index (χ1v) is 6.00. The van der Waals surface area contributed by atoms with Gasteiger partial charge in [0.25, 0.3) is 0 Å². The van der Waals surface area contributed by atoms with Crippen molar-refractivity contribution in [3.05, 3.63) is 12.4 Å². The highest BCUT2D eigenvalue weighted by Crippen LogP contribution is 2.04. The topological polar surface area (TPSA) is 102 Å². The maximum Gasteiger partial charge on any atom is 0.383 e. The molecule has 0 radical (unpaired) electrons. The van der Waals surface area contributed by atoms with Crippen LogP contribution in [-0.2, 0) is 0 Å². The second-order valence-corrected chi connectivity index (χ2v) is 4.24. The van der Waals surface area contributed by atoms with Gasteiger partial charge in [-0.05, 0) is 6.42 Å². The fourth-order valence-corrected chi connectivity index (χ4v) is 1.27. The van der Waals surface area contributed by atoms with Gasteiger partial charge in [-0.1, -0.05) is 13.3 Å². The second kappa shape index (κ2) is 8.45. The van der Waals surface area contributed by atoms with Gasteiger partial charge in [0.1, 0.15) is 0 Å². The molecule has 0 atom stereocenters. The SMILES string of the molecule is CCCCN1C=CN(C)C1.N#C[B-](C#N)(C#N)C#N. The van der Waals surface area contributed by atoms with Gasteiger partial charge in [-0.3, -0.25) is 0 Å². The van der Waals surface area contributed by atoms with Crippen LogP contribution in [0.15, 0.2) is 12.4 Å². The first-order valence-electron chi connectivity index (χ1n) is 6.00. The van der Waals surface area contributed by atoms with Crippen molar-refractivity contribution < 1.29 is 0 Å². The van der Waals surface area contributed by atoms with E-state index in [1.807, 2.05) is 0 Å². The molecule has 1 rings (SSSR count). The summed E-state index contributed by atoms with van der Waals surface area (Å²) in [5, 5.41) is 32.3. The van der Waals surface area contributed by atoms with Crippen molar-refractivity contribution in [1.29, 1.82) is 21.0 Å². The normalized spacial score (nSPS) is 12.5. The van der Waals surface area contributed by atoms with E-state index in [0.717, 1.165) is 6.67 Å². The smallest absolute Gasteiger partial charge is 0.362 e.